The first-order chi connectivity index (χ1) is 16.5. The molecule has 0 aromatic heterocycles. The average Bonchev–Trinajstić information content (AvgIpc) is 2.87. The van der Waals surface area contributed by atoms with Gasteiger partial charge in [-0.15, -0.1) is 0 Å². The Balaban J connectivity index is 2.05. The summed E-state index contributed by atoms with van der Waals surface area (Å²) in [6.07, 6.45) is 1.44. The topological polar surface area (TPSA) is 95.1 Å². The highest BCUT2D eigenvalue weighted by Gasteiger charge is 2.22. The zero-order valence-electron chi connectivity index (χ0n) is 19.4. The number of hydrogen-bond donors (Lipinski definition) is 2. The molecule has 8 heteroatoms. The van der Waals surface area contributed by atoms with Gasteiger partial charge in [0.15, 0.2) is 0 Å². The van der Waals surface area contributed by atoms with Gasteiger partial charge in [0, 0.05) is 5.56 Å². The Labute approximate surface area is 198 Å². The van der Waals surface area contributed by atoms with Crippen LogP contribution in [0.2, 0.25) is 0 Å². The van der Waals surface area contributed by atoms with E-state index in [0.717, 1.165) is 0 Å². The number of nitrogens with one attached hydrogen (secondary N) is 2. The minimum atomic E-state index is -0.637. The molecule has 0 aliphatic heterocycles. The highest BCUT2D eigenvalue weighted by molar-refractivity contribution is 6.29. The third kappa shape index (κ3) is 5.66. The van der Waals surface area contributed by atoms with Crippen molar-refractivity contribution in [2.24, 2.45) is 0 Å². The Morgan fingerprint density at radius 3 is 1.62 bits per heavy atom. The zero-order valence-corrected chi connectivity index (χ0v) is 19.4. The maximum atomic E-state index is 13.3. The van der Waals surface area contributed by atoms with Crippen molar-refractivity contribution in [3.63, 3.8) is 0 Å². The standard InChI is InChI=1S/C26H26N2O6/c1-31-18-13-14-22(32-2)17(15-18)16-19(25(29)27-20-9-5-7-11-23(20)33-3)26(30)28-21-10-6-8-12-24(21)34-4/h5-16H,1-4H3,(H,27,29)(H,28,30). The van der Waals surface area contributed by atoms with Crippen LogP contribution in [-0.2, 0) is 9.59 Å². The molecule has 3 aromatic carbocycles. The number of hydrogen-bond acceptors (Lipinski definition) is 6. The van der Waals surface area contributed by atoms with Crippen LogP contribution in [0.25, 0.3) is 6.08 Å². The monoisotopic (exact) mass is 462 g/mol. The molecule has 3 aromatic rings. The Bertz CT molecular complexity index is 1140. The van der Waals surface area contributed by atoms with Crippen LogP contribution in [0.4, 0.5) is 11.4 Å². The number of benzene rings is 3. The van der Waals surface area contributed by atoms with Gasteiger partial charge in [0.1, 0.15) is 28.6 Å². The molecule has 0 spiro atoms. The summed E-state index contributed by atoms with van der Waals surface area (Å²) in [5.41, 5.74) is 1.16. The quantitative estimate of drug-likeness (QED) is 0.278. The third-order valence-corrected chi connectivity index (χ3v) is 4.94. The predicted molar refractivity (Wildman–Crippen MR) is 131 cm³/mol. The number of carbonyl (C=O) groups is 2. The van der Waals surface area contributed by atoms with E-state index in [1.54, 1.807) is 66.7 Å². The van der Waals surface area contributed by atoms with Crippen LogP contribution >= 0.6 is 0 Å². The molecule has 0 bridgehead atoms. The molecule has 0 radical (unpaired) electrons. The summed E-state index contributed by atoms with van der Waals surface area (Å²) in [7, 11) is 6.02. The summed E-state index contributed by atoms with van der Waals surface area (Å²) in [5, 5.41) is 5.49. The average molecular weight is 463 g/mol. The Hall–Kier alpha value is -4.46. The van der Waals surface area contributed by atoms with E-state index in [0.29, 0.717) is 39.9 Å². The zero-order chi connectivity index (χ0) is 24.5. The first-order valence-electron chi connectivity index (χ1n) is 10.3. The molecular weight excluding hydrogens is 436 g/mol. The van der Waals surface area contributed by atoms with E-state index in [1.807, 2.05) is 0 Å². The smallest absolute Gasteiger partial charge is 0.261 e. The largest absolute Gasteiger partial charge is 0.497 e. The van der Waals surface area contributed by atoms with E-state index in [9.17, 15) is 9.59 Å². The fraction of sp³-hybridized carbons (Fsp3) is 0.154. The van der Waals surface area contributed by atoms with E-state index >= 15 is 0 Å². The fourth-order valence-electron chi connectivity index (χ4n) is 3.22. The maximum absolute atomic E-state index is 13.3. The lowest BCUT2D eigenvalue weighted by Crippen LogP contribution is -2.25. The van der Waals surface area contributed by atoms with Gasteiger partial charge in [-0.1, -0.05) is 24.3 Å². The van der Waals surface area contributed by atoms with Gasteiger partial charge in [-0.25, -0.2) is 0 Å². The molecule has 176 valence electrons. The number of methoxy groups -OCH3 is 4. The molecule has 0 aliphatic carbocycles. The number of amides is 2. The highest BCUT2D eigenvalue weighted by Crippen LogP contribution is 2.29. The van der Waals surface area contributed by atoms with Gasteiger partial charge in [0.2, 0.25) is 0 Å². The number of carbonyl (C=O) groups excluding carboxylic acids is 2. The van der Waals surface area contributed by atoms with Crippen molar-refractivity contribution >= 4 is 29.3 Å². The van der Waals surface area contributed by atoms with E-state index in [1.165, 1.54) is 34.5 Å². The van der Waals surface area contributed by atoms with Crippen LogP contribution in [0.1, 0.15) is 5.56 Å². The van der Waals surface area contributed by atoms with Crippen molar-refractivity contribution in [2.75, 3.05) is 39.1 Å². The molecule has 0 saturated heterocycles. The van der Waals surface area contributed by atoms with Gasteiger partial charge < -0.3 is 29.6 Å². The molecule has 0 atom stereocenters. The van der Waals surface area contributed by atoms with Crippen LogP contribution in [0, 0.1) is 0 Å². The summed E-state index contributed by atoms with van der Waals surface area (Å²) < 4.78 is 21.3. The van der Waals surface area contributed by atoms with Crippen LogP contribution in [0.3, 0.4) is 0 Å². The van der Waals surface area contributed by atoms with Crippen molar-refractivity contribution in [3.8, 4) is 23.0 Å². The van der Waals surface area contributed by atoms with Crippen LogP contribution in [0.5, 0.6) is 23.0 Å². The molecule has 0 aliphatic rings. The van der Waals surface area contributed by atoms with E-state index in [-0.39, 0.29) is 5.57 Å². The predicted octanol–water partition coefficient (Wildman–Crippen LogP) is 4.38. The highest BCUT2D eigenvalue weighted by atomic mass is 16.5. The van der Waals surface area contributed by atoms with Crippen LogP contribution in [0.15, 0.2) is 72.3 Å². The summed E-state index contributed by atoms with van der Waals surface area (Å²) in [4.78, 5) is 26.7. The molecule has 0 heterocycles. The first-order valence-corrected chi connectivity index (χ1v) is 10.3. The van der Waals surface area contributed by atoms with Gasteiger partial charge in [0.25, 0.3) is 11.8 Å². The number of para-hydroxylation sites is 4. The van der Waals surface area contributed by atoms with Crippen molar-refractivity contribution in [2.45, 2.75) is 0 Å². The minimum Gasteiger partial charge on any atom is -0.497 e. The van der Waals surface area contributed by atoms with Crippen molar-refractivity contribution < 1.29 is 28.5 Å². The SMILES string of the molecule is COc1ccc(OC)c(C=C(C(=O)Nc2ccccc2OC)C(=O)Nc2ccccc2OC)c1. The molecule has 0 unspecified atom stereocenters. The van der Waals surface area contributed by atoms with E-state index < -0.39 is 11.8 Å². The molecule has 2 amide bonds. The van der Waals surface area contributed by atoms with Crippen molar-refractivity contribution in [1.82, 2.24) is 0 Å². The summed E-state index contributed by atoms with van der Waals surface area (Å²) in [6.45, 7) is 0. The molecule has 34 heavy (non-hydrogen) atoms. The Morgan fingerprint density at radius 1 is 0.647 bits per heavy atom. The number of rotatable bonds is 9. The second-order valence-corrected chi connectivity index (χ2v) is 6.97. The fourth-order valence-corrected chi connectivity index (χ4v) is 3.22. The first kappa shape index (κ1) is 24.2. The lowest BCUT2D eigenvalue weighted by atomic mass is 10.1. The molecule has 0 fully saturated rings. The normalized spacial score (nSPS) is 10.0. The summed E-state index contributed by atoms with van der Waals surface area (Å²) in [5.74, 6) is 0.650. The molecule has 8 nitrogen and oxygen atoms in total. The second-order valence-electron chi connectivity index (χ2n) is 6.97. The van der Waals surface area contributed by atoms with Crippen molar-refractivity contribution in [3.05, 3.63) is 77.9 Å². The lowest BCUT2D eigenvalue weighted by molar-refractivity contribution is -0.118. The number of anilines is 2. The van der Waals surface area contributed by atoms with Crippen LogP contribution in [-0.4, -0.2) is 40.3 Å². The Morgan fingerprint density at radius 2 is 1.15 bits per heavy atom. The minimum absolute atomic E-state index is 0.164. The maximum Gasteiger partial charge on any atom is 0.261 e. The molecule has 2 N–H and O–H groups in total. The molecular formula is C26H26N2O6. The van der Waals surface area contributed by atoms with Gasteiger partial charge in [-0.05, 0) is 48.5 Å². The Kier molecular flexibility index (Phi) is 8.12. The van der Waals surface area contributed by atoms with E-state index in [4.69, 9.17) is 18.9 Å². The van der Waals surface area contributed by atoms with Gasteiger partial charge >= 0.3 is 0 Å². The number of ether oxygens (including phenoxy) is 4. The third-order valence-electron chi connectivity index (χ3n) is 4.94. The molecule has 3 rings (SSSR count). The molecule has 0 saturated carbocycles. The summed E-state index contributed by atoms with van der Waals surface area (Å²) >= 11 is 0. The summed E-state index contributed by atoms with van der Waals surface area (Å²) in [6, 6.07) is 18.9. The van der Waals surface area contributed by atoms with Crippen LogP contribution < -0.4 is 29.6 Å². The van der Waals surface area contributed by atoms with Gasteiger partial charge in [0.05, 0.1) is 39.8 Å². The second kappa shape index (κ2) is 11.4. The lowest BCUT2D eigenvalue weighted by Gasteiger charge is -2.14. The van der Waals surface area contributed by atoms with E-state index in [2.05, 4.69) is 10.6 Å². The van der Waals surface area contributed by atoms with Gasteiger partial charge in [-0.2, -0.15) is 0 Å². The van der Waals surface area contributed by atoms with Gasteiger partial charge in [-0.3, -0.25) is 9.59 Å². The van der Waals surface area contributed by atoms with Crippen molar-refractivity contribution in [1.29, 1.82) is 0 Å².